The Morgan fingerprint density at radius 1 is 0.309 bits per heavy atom. The first-order chi connectivity index (χ1) is 27.3. The molecule has 0 radical (unpaired) electrons. The molecule has 12 rings (SSSR count). The maximum Gasteiger partial charge on any atom is 0.0541 e. The summed E-state index contributed by atoms with van der Waals surface area (Å²) in [5.74, 6) is 0. The molecule has 55 heavy (non-hydrogen) atoms. The van der Waals surface area contributed by atoms with Crippen LogP contribution in [0.5, 0.6) is 0 Å². The molecule has 0 saturated heterocycles. The Hall–Kier alpha value is -7.16. The minimum Gasteiger partial charge on any atom is -0.309 e. The van der Waals surface area contributed by atoms with Gasteiger partial charge in [0.25, 0.3) is 0 Å². The summed E-state index contributed by atoms with van der Waals surface area (Å²) in [6.45, 7) is 0. The van der Waals surface area contributed by atoms with E-state index >= 15 is 0 Å². The van der Waals surface area contributed by atoms with Crippen molar-refractivity contribution >= 4 is 54.4 Å². The van der Waals surface area contributed by atoms with Crippen LogP contribution in [0.25, 0.3) is 99.1 Å². The zero-order chi connectivity index (χ0) is 36.0. The predicted molar refractivity (Wildman–Crippen MR) is 232 cm³/mol. The molecule has 0 aliphatic heterocycles. The van der Waals surface area contributed by atoms with Crippen LogP contribution in [0.2, 0.25) is 0 Å². The van der Waals surface area contributed by atoms with Crippen LogP contribution in [0, 0.1) is 0 Å². The van der Waals surface area contributed by atoms with Gasteiger partial charge in [-0.05, 0) is 128 Å². The summed E-state index contributed by atoms with van der Waals surface area (Å²) in [7, 11) is 0. The molecule has 0 atom stereocenters. The molecule has 256 valence electrons. The van der Waals surface area contributed by atoms with Gasteiger partial charge in [0.1, 0.15) is 0 Å². The van der Waals surface area contributed by atoms with Gasteiger partial charge in [0.05, 0.1) is 22.1 Å². The third kappa shape index (κ3) is 4.55. The van der Waals surface area contributed by atoms with Gasteiger partial charge in [-0.15, -0.1) is 0 Å². The van der Waals surface area contributed by atoms with Gasteiger partial charge in [-0.25, -0.2) is 0 Å². The van der Waals surface area contributed by atoms with Crippen LogP contribution in [-0.4, -0.2) is 9.13 Å². The summed E-state index contributed by atoms with van der Waals surface area (Å²) in [6.07, 6.45) is 0.987. The average Bonchev–Trinajstić information content (AvgIpc) is 3.91. The van der Waals surface area contributed by atoms with E-state index in [9.17, 15) is 0 Å². The van der Waals surface area contributed by atoms with Crippen LogP contribution < -0.4 is 0 Å². The van der Waals surface area contributed by atoms with E-state index in [-0.39, 0.29) is 0 Å². The second-order valence-corrected chi connectivity index (χ2v) is 14.9. The maximum atomic E-state index is 2.45. The minimum absolute atomic E-state index is 0.987. The molecular formula is C53H34N2. The number of para-hydroxylation sites is 2. The number of nitrogens with zero attached hydrogens (tertiary/aromatic N) is 2. The van der Waals surface area contributed by atoms with Crippen LogP contribution in [0.15, 0.2) is 194 Å². The highest BCUT2D eigenvalue weighted by molar-refractivity contribution is 6.14. The van der Waals surface area contributed by atoms with Crippen molar-refractivity contribution < 1.29 is 0 Å². The van der Waals surface area contributed by atoms with E-state index in [4.69, 9.17) is 0 Å². The van der Waals surface area contributed by atoms with Gasteiger partial charge < -0.3 is 9.13 Å². The van der Waals surface area contributed by atoms with Gasteiger partial charge in [-0.2, -0.15) is 0 Å². The fourth-order valence-corrected chi connectivity index (χ4v) is 9.40. The third-order valence-corrected chi connectivity index (χ3v) is 11.9. The van der Waals surface area contributed by atoms with Crippen LogP contribution in [-0.2, 0) is 6.42 Å². The number of aromatic nitrogens is 2. The van der Waals surface area contributed by atoms with Crippen molar-refractivity contribution in [3.8, 4) is 44.8 Å². The van der Waals surface area contributed by atoms with E-state index in [1.54, 1.807) is 0 Å². The quantitative estimate of drug-likeness (QED) is 0.173. The van der Waals surface area contributed by atoms with Crippen molar-refractivity contribution in [3.05, 3.63) is 205 Å². The van der Waals surface area contributed by atoms with Crippen molar-refractivity contribution in [1.82, 2.24) is 9.13 Å². The van der Waals surface area contributed by atoms with E-state index in [1.807, 2.05) is 0 Å². The highest BCUT2D eigenvalue weighted by Crippen LogP contribution is 2.45. The lowest BCUT2D eigenvalue weighted by Crippen LogP contribution is -1.94. The molecule has 0 unspecified atom stereocenters. The summed E-state index contributed by atoms with van der Waals surface area (Å²) in [6, 6.07) is 71.8. The monoisotopic (exact) mass is 698 g/mol. The molecule has 0 bridgehead atoms. The number of fused-ring (bicyclic) bond motifs is 10. The molecule has 0 fully saturated rings. The minimum atomic E-state index is 0.987. The van der Waals surface area contributed by atoms with E-state index in [1.165, 1.54) is 110 Å². The molecule has 1 aliphatic rings. The van der Waals surface area contributed by atoms with Crippen molar-refractivity contribution in [2.75, 3.05) is 0 Å². The van der Waals surface area contributed by atoms with Crippen molar-refractivity contribution in [3.63, 3.8) is 0 Å². The van der Waals surface area contributed by atoms with Crippen LogP contribution in [0.3, 0.4) is 0 Å². The smallest absolute Gasteiger partial charge is 0.0541 e. The first-order valence-electron chi connectivity index (χ1n) is 19.1. The predicted octanol–water partition coefficient (Wildman–Crippen LogP) is 13.9. The van der Waals surface area contributed by atoms with E-state index in [0.29, 0.717) is 0 Å². The molecule has 11 aromatic rings. The van der Waals surface area contributed by atoms with Crippen LogP contribution >= 0.6 is 0 Å². The molecule has 2 nitrogen and oxygen atoms in total. The lowest BCUT2D eigenvalue weighted by molar-refractivity contribution is 1.18. The molecule has 9 aromatic carbocycles. The fourth-order valence-electron chi connectivity index (χ4n) is 9.40. The average molecular weight is 699 g/mol. The third-order valence-electron chi connectivity index (χ3n) is 11.9. The number of hydrogen-bond acceptors (Lipinski definition) is 0. The van der Waals surface area contributed by atoms with Gasteiger partial charge in [0.2, 0.25) is 0 Å². The Morgan fingerprint density at radius 3 is 1.67 bits per heavy atom. The van der Waals surface area contributed by atoms with Crippen molar-refractivity contribution in [2.45, 2.75) is 6.42 Å². The van der Waals surface area contributed by atoms with Crippen molar-refractivity contribution in [2.24, 2.45) is 0 Å². The number of rotatable bonds is 4. The summed E-state index contributed by atoms with van der Waals surface area (Å²) < 4.78 is 4.83. The van der Waals surface area contributed by atoms with Gasteiger partial charge >= 0.3 is 0 Å². The molecule has 2 aromatic heterocycles. The molecule has 2 heterocycles. The second-order valence-electron chi connectivity index (χ2n) is 14.9. The maximum absolute atomic E-state index is 2.45. The van der Waals surface area contributed by atoms with E-state index in [2.05, 4.69) is 203 Å². The second kappa shape index (κ2) is 11.7. The molecule has 0 spiro atoms. The Labute approximate surface area is 318 Å². The molecule has 0 saturated carbocycles. The first kappa shape index (κ1) is 30.3. The summed E-state index contributed by atoms with van der Waals surface area (Å²) >= 11 is 0. The highest BCUT2D eigenvalue weighted by atomic mass is 15.0. The van der Waals surface area contributed by atoms with Crippen LogP contribution in [0.4, 0.5) is 0 Å². The highest BCUT2D eigenvalue weighted by Gasteiger charge is 2.23. The summed E-state index contributed by atoms with van der Waals surface area (Å²) in [5.41, 5.74) is 17.7. The lowest BCUT2D eigenvalue weighted by atomic mass is 9.93. The fraction of sp³-hybridized carbons (Fsp3) is 0.0189. The van der Waals surface area contributed by atoms with Crippen molar-refractivity contribution in [1.29, 1.82) is 0 Å². The standard InChI is InChI=1S/C53H34N2/c1-2-15-41(16-3-1)54-49-20-9-8-18-45(49)46-31-36(22-26-50(46)54)37-23-27-51-47(32-37)48-33-39(44-19-10-14-40-29-38-13-6-7-17-43(38)53(40)44)24-28-52(48)55(51)42-25-21-34-11-4-5-12-35(34)30-42/h1-28,30-33H,29H2. The number of benzene rings is 9. The molecule has 0 amide bonds. The molecule has 0 N–H and O–H groups in total. The van der Waals surface area contributed by atoms with Gasteiger partial charge in [-0.1, -0.05) is 127 Å². The van der Waals surface area contributed by atoms with E-state index < -0.39 is 0 Å². The SMILES string of the molecule is c1ccc(-n2c3ccccc3c3cc(-c4ccc5c(c4)c4cc(-c6cccc7c6-c6ccccc6C7)ccc4n5-c4ccc5ccccc5c4)ccc32)cc1. The molecule has 2 heteroatoms. The van der Waals surface area contributed by atoms with Gasteiger partial charge in [-0.3, -0.25) is 0 Å². The lowest BCUT2D eigenvalue weighted by Gasteiger charge is -2.12. The van der Waals surface area contributed by atoms with Gasteiger partial charge in [0.15, 0.2) is 0 Å². The van der Waals surface area contributed by atoms with Gasteiger partial charge in [0, 0.05) is 32.9 Å². The normalized spacial score (nSPS) is 12.3. The Kier molecular flexibility index (Phi) is 6.43. The topological polar surface area (TPSA) is 9.86 Å². The summed E-state index contributed by atoms with van der Waals surface area (Å²) in [4.78, 5) is 0. The largest absolute Gasteiger partial charge is 0.309 e. The number of hydrogen-bond donors (Lipinski definition) is 0. The van der Waals surface area contributed by atoms with E-state index in [0.717, 1.165) is 6.42 Å². The Balaban J connectivity index is 1.09. The Bertz CT molecular complexity index is 3340. The zero-order valence-electron chi connectivity index (χ0n) is 30.1. The Morgan fingerprint density at radius 2 is 0.873 bits per heavy atom. The first-order valence-corrected chi connectivity index (χ1v) is 19.1. The molecule has 1 aliphatic carbocycles. The summed E-state index contributed by atoms with van der Waals surface area (Å²) in [5, 5.41) is 7.52. The molecular weight excluding hydrogens is 665 g/mol. The zero-order valence-corrected chi connectivity index (χ0v) is 30.1. The van der Waals surface area contributed by atoms with Crippen LogP contribution in [0.1, 0.15) is 11.1 Å².